The monoisotopic (exact) mass is 576 g/mol. The molecule has 8 nitrogen and oxygen atoms in total. The van der Waals surface area contributed by atoms with E-state index in [0.717, 1.165) is 6.07 Å². The molecule has 3 aromatic rings. The second-order valence-corrected chi connectivity index (χ2v) is 9.43. The van der Waals surface area contributed by atoms with Gasteiger partial charge < -0.3 is 13.8 Å². The summed E-state index contributed by atoms with van der Waals surface area (Å²) in [6.45, 7) is 0. The SMILES string of the molecule is O=IN([O-])c1cc(S(=O)(=O)Nc2ccc(C(=O)Nc3ccc(F)cc3)cc2)ccc1Cl. The average molecular weight is 577 g/mol. The zero-order valence-electron chi connectivity index (χ0n) is 15.4. The molecule has 3 aromatic carbocycles. The molecule has 31 heavy (non-hydrogen) atoms. The van der Waals surface area contributed by atoms with Gasteiger partial charge in [-0.25, -0.2) is 15.9 Å². The fourth-order valence-corrected chi connectivity index (χ4v) is 4.50. The van der Waals surface area contributed by atoms with Crippen LogP contribution in [0, 0.1) is 11.0 Å². The van der Waals surface area contributed by atoms with Crippen LogP contribution < -0.4 is 13.3 Å². The lowest BCUT2D eigenvalue weighted by Gasteiger charge is -2.22. The molecule has 12 heteroatoms. The number of benzene rings is 3. The molecule has 2 N–H and O–H groups in total. The lowest BCUT2D eigenvalue weighted by Crippen LogP contribution is -2.14. The minimum Gasteiger partial charge on any atom is -0.748 e. The number of carbonyl (C=O) groups is 1. The Balaban J connectivity index is 1.75. The highest BCUT2D eigenvalue weighted by Gasteiger charge is 2.17. The third-order valence-electron chi connectivity index (χ3n) is 3.98. The van der Waals surface area contributed by atoms with E-state index in [-0.39, 0.29) is 30.1 Å². The van der Waals surface area contributed by atoms with Gasteiger partial charge in [0.1, 0.15) is 5.82 Å². The maximum Gasteiger partial charge on any atom is 0.262 e. The molecule has 0 saturated carbocycles. The number of anilines is 3. The number of carbonyl (C=O) groups excluding carboxylic acids is 1. The van der Waals surface area contributed by atoms with Crippen LogP contribution in [-0.2, 0) is 13.1 Å². The van der Waals surface area contributed by atoms with Crippen molar-refractivity contribution in [2.75, 3.05) is 13.3 Å². The van der Waals surface area contributed by atoms with E-state index in [4.69, 9.17) is 11.6 Å². The van der Waals surface area contributed by atoms with Crippen LogP contribution in [0.5, 0.6) is 0 Å². The van der Waals surface area contributed by atoms with Crippen molar-refractivity contribution >= 4 is 66.1 Å². The Labute approximate surface area is 192 Å². The Hall–Kier alpha value is -2.61. The zero-order valence-corrected chi connectivity index (χ0v) is 19.1. The zero-order chi connectivity index (χ0) is 22.6. The van der Waals surface area contributed by atoms with Crippen molar-refractivity contribution in [3.05, 3.63) is 88.3 Å². The highest BCUT2D eigenvalue weighted by atomic mass is 127. The van der Waals surface area contributed by atoms with Crippen molar-refractivity contribution < 1.29 is 20.7 Å². The first-order valence-corrected chi connectivity index (χ1v) is 12.1. The van der Waals surface area contributed by atoms with Gasteiger partial charge in [0.2, 0.25) is 0 Å². The Morgan fingerprint density at radius 2 is 1.61 bits per heavy atom. The quantitative estimate of drug-likeness (QED) is 0.230. The number of rotatable bonds is 7. The van der Waals surface area contributed by atoms with Crippen molar-refractivity contribution in [3.8, 4) is 0 Å². The fourth-order valence-electron chi connectivity index (χ4n) is 2.47. The molecule has 0 aliphatic carbocycles. The first-order chi connectivity index (χ1) is 14.7. The molecule has 162 valence electrons. The predicted molar refractivity (Wildman–Crippen MR) is 124 cm³/mol. The molecule has 0 unspecified atom stereocenters. The van der Waals surface area contributed by atoms with E-state index < -0.39 is 43.2 Å². The number of nitrogens with one attached hydrogen (secondary N) is 2. The van der Waals surface area contributed by atoms with Crippen molar-refractivity contribution in [2.45, 2.75) is 4.90 Å². The minimum absolute atomic E-state index is 0.0268. The molecule has 0 bridgehead atoms. The van der Waals surface area contributed by atoms with Gasteiger partial charge in [0.15, 0.2) is 0 Å². The summed E-state index contributed by atoms with van der Waals surface area (Å²) >= 11 is 3.75. The summed E-state index contributed by atoms with van der Waals surface area (Å²) in [5.41, 5.74) is 0.621. The van der Waals surface area contributed by atoms with E-state index in [0.29, 0.717) is 5.69 Å². The highest BCUT2D eigenvalue weighted by Crippen LogP contribution is 2.32. The van der Waals surface area contributed by atoms with Crippen LogP contribution in [0.4, 0.5) is 21.5 Å². The molecule has 0 saturated heterocycles. The number of hydrogen-bond acceptors (Lipinski definition) is 5. The van der Waals surface area contributed by atoms with Gasteiger partial charge in [-0.1, -0.05) is 11.6 Å². The summed E-state index contributed by atoms with van der Waals surface area (Å²) in [7, 11) is -4.08. The van der Waals surface area contributed by atoms with Crippen LogP contribution in [0.2, 0.25) is 5.02 Å². The summed E-state index contributed by atoms with van der Waals surface area (Å²) in [4.78, 5) is 12.0. The second-order valence-electron chi connectivity index (χ2n) is 6.07. The summed E-state index contributed by atoms with van der Waals surface area (Å²) in [5, 5.41) is 14.2. The van der Waals surface area contributed by atoms with Gasteiger partial charge >= 0.3 is 0 Å². The van der Waals surface area contributed by atoms with Crippen LogP contribution in [0.15, 0.2) is 71.6 Å². The molecule has 1 amide bonds. The largest absolute Gasteiger partial charge is 0.748 e. The topological polar surface area (TPSA) is 119 Å². The molecule has 0 heterocycles. The maximum absolute atomic E-state index is 12.9. The number of hydrogen-bond donors (Lipinski definition) is 2. The Morgan fingerprint density at radius 3 is 2.23 bits per heavy atom. The lowest BCUT2D eigenvalue weighted by molar-refractivity contribution is 0.102. The van der Waals surface area contributed by atoms with Gasteiger partial charge in [-0.3, -0.25) is 9.52 Å². The smallest absolute Gasteiger partial charge is 0.262 e. The van der Waals surface area contributed by atoms with Crippen molar-refractivity contribution in [2.24, 2.45) is 0 Å². The third kappa shape index (κ3) is 5.76. The van der Waals surface area contributed by atoms with E-state index in [1.807, 2.05) is 0 Å². The molecule has 0 aliphatic heterocycles. The average Bonchev–Trinajstić information content (AvgIpc) is 2.75. The first-order valence-electron chi connectivity index (χ1n) is 8.43. The van der Waals surface area contributed by atoms with Gasteiger partial charge in [-0.15, -0.1) is 0 Å². The van der Waals surface area contributed by atoms with Crippen LogP contribution in [0.3, 0.4) is 0 Å². The summed E-state index contributed by atoms with van der Waals surface area (Å²) in [6.07, 6.45) is 0. The molecule has 0 fully saturated rings. The number of halogens is 3. The molecule has 0 radical (unpaired) electrons. The van der Waals surface area contributed by atoms with E-state index in [1.165, 1.54) is 60.7 Å². The molecule has 0 spiro atoms. The number of nitrogens with zero attached hydrogens (tertiary/aromatic N) is 1. The van der Waals surface area contributed by atoms with Gasteiger partial charge in [0, 0.05) is 16.9 Å². The van der Waals surface area contributed by atoms with E-state index >= 15 is 0 Å². The standard InChI is InChI=1S/C19H13ClFIN3O5S/c20-17-10-9-16(11-18(17)25(28)22-27)31(29,30)24-15-5-1-12(2-6-15)19(26)23-14-7-3-13(21)4-8-14/h1-11,24H,(H,23,26)/q-1. The number of amides is 1. The maximum atomic E-state index is 12.9. The van der Waals surface area contributed by atoms with Gasteiger partial charge in [0.25, 0.3) is 37.4 Å². The van der Waals surface area contributed by atoms with Crippen LogP contribution >= 0.6 is 33.1 Å². The van der Waals surface area contributed by atoms with Gasteiger partial charge in [-0.2, -0.15) is 0 Å². The van der Waals surface area contributed by atoms with Crippen LogP contribution in [0.25, 0.3) is 0 Å². The molecule has 3 rings (SSSR count). The van der Waals surface area contributed by atoms with E-state index in [2.05, 4.69) is 10.0 Å². The highest BCUT2D eigenvalue weighted by molar-refractivity contribution is 14.1. The Kier molecular flexibility index (Phi) is 7.20. The third-order valence-corrected chi connectivity index (χ3v) is 6.56. The van der Waals surface area contributed by atoms with Crippen LogP contribution in [-0.4, -0.2) is 14.3 Å². The van der Waals surface area contributed by atoms with E-state index in [1.54, 1.807) is 0 Å². The van der Waals surface area contributed by atoms with Crippen molar-refractivity contribution in [1.82, 2.24) is 0 Å². The summed E-state index contributed by atoms with van der Waals surface area (Å²) in [6, 6.07) is 14.3. The second kappa shape index (κ2) is 9.68. The number of sulfonamides is 1. The summed E-state index contributed by atoms with van der Waals surface area (Å²) in [5.74, 6) is -0.889. The van der Waals surface area contributed by atoms with Crippen molar-refractivity contribution in [3.63, 3.8) is 0 Å². The van der Waals surface area contributed by atoms with Crippen LogP contribution in [0.1, 0.15) is 10.4 Å². The predicted octanol–water partition coefficient (Wildman–Crippen LogP) is 5.07. The van der Waals surface area contributed by atoms with Gasteiger partial charge in [0.05, 0.1) is 15.6 Å². The van der Waals surface area contributed by atoms with Crippen molar-refractivity contribution in [1.29, 1.82) is 0 Å². The lowest BCUT2D eigenvalue weighted by atomic mass is 10.2. The Bertz CT molecular complexity index is 1220. The minimum atomic E-state index is -4.08. The molecular formula is C19H13ClFIN3O5S-. The molecule has 0 atom stereocenters. The normalized spacial score (nSPS) is 11.1. The Morgan fingerprint density at radius 1 is 1.00 bits per heavy atom. The molecular weight excluding hydrogens is 564 g/mol. The molecule has 0 aromatic heterocycles. The fraction of sp³-hybridized carbons (Fsp3) is 0. The van der Waals surface area contributed by atoms with E-state index in [9.17, 15) is 25.9 Å². The first kappa shape index (κ1) is 23.1. The summed E-state index contributed by atoms with van der Waals surface area (Å²) < 4.78 is 51.5. The van der Waals surface area contributed by atoms with Gasteiger partial charge in [-0.05, 0) is 66.7 Å². The molecule has 0 aliphatic rings.